The van der Waals surface area contributed by atoms with Crippen molar-refractivity contribution in [2.75, 3.05) is 23.9 Å². The Bertz CT molecular complexity index is 531. The lowest BCUT2D eigenvalue weighted by Gasteiger charge is -2.09. The van der Waals surface area contributed by atoms with Gasteiger partial charge in [-0.3, -0.25) is 4.21 Å². The van der Waals surface area contributed by atoms with E-state index in [1.165, 1.54) is 6.07 Å². The molecule has 0 aliphatic heterocycles. The summed E-state index contributed by atoms with van der Waals surface area (Å²) >= 11 is 0. The van der Waals surface area contributed by atoms with Crippen LogP contribution < -0.4 is 10.6 Å². The number of carboxylic acids is 1. The molecule has 0 spiro atoms. The minimum Gasteiger partial charge on any atom is -0.478 e. The van der Waals surface area contributed by atoms with Crippen molar-refractivity contribution >= 4 is 28.5 Å². The van der Waals surface area contributed by atoms with Crippen LogP contribution in [0.3, 0.4) is 0 Å². The van der Waals surface area contributed by atoms with Gasteiger partial charge in [-0.05, 0) is 31.0 Å². The van der Waals surface area contributed by atoms with Gasteiger partial charge >= 0.3 is 12.0 Å². The average molecular weight is 298 g/mol. The van der Waals surface area contributed by atoms with Crippen molar-refractivity contribution in [2.24, 2.45) is 0 Å². The molecule has 6 nitrogen and oxygen atoms in total. The van der Waals surface area contributed by atoms with Crippen molar-refractivity contribution in [2.45, 2.75) is 13.3 Å². The van der Waals surface area contributed by atoms with E-state index in [9.17, 15) is 13.8 Å². The molecule has 3 N–H and O–H groups in total. The van der Waals surface area contributed by atoms with Gasteiger partial charge in [0.2, 0.25) is 0 Å². The summed E-state index contributed by atoms with van der Waals surface area (Å²) in [5, 5.41) is 14.2. The highest BCUT2D eigenvalue weighted by atomic mass is 32.2. The van der Waals surface area contributed by atoms with Gasteiger partial charge in [0.15, 0.2) is 0 Å². The number of anilines is 1. The maximum absolute atomic E-state index is 11.6. The van der Waals surface area contributed by atoms with E-state index in [4.69, 9.17) is 5.11 Å². The molecule has 7 heteroatoms. The zero-order valence-corrected chi connectivity index (χ0v) is 12.3. The van der Waals surface area contributed by atoms with Gasteiger partial charge in [0.25, 0.3) is 0 Å². The second-order valence-corrected chi connectivity index (χ2v) is 5.90. The van der Waals surface area contributed by atoms with E-state index in [1.807, 2.05) is 0 Å². The third-order valence-corrected chi connectivity index (χ3v) is 3.48. The van der Waals surface area contributed by atoms with Gasteiger partial charge in [-0.15, -0.1) is 0 Å². The van der Waals surface area contributed by atoms with Crippen LogP contribution in [0.25, 0.3) is 0 Å². The van der Waals surface area contributed by atoms with Gasteiger partial charge in [0, 0.05) is 35.0 Å². The van der Waals surface area contributed by atoms with Gasteiger partial charge in [-0.25, -0.2) is 9.59 Å². The molecule has 0 heterocycles. The van der Waals surface area contributed by atoms with Crippen molar-refractivity contribution in [3.05, 3.63) is 29.3 Å². The number of amides is 2. The Morgan fingerprint density at radius 1 is 1.35 bits per heavy atom. The molecule has 1 rings (SSSR count). The van der Waals surface area contributed by atoms with E-state index in [1.54, 1.807) is 25.3 Å². The van der Waals surface area contributed by atoms with Crippen molar-refractivity contribution in [3.8, 4) is 0 Å². The number of aryl methyl sites for hydroxylation is 1. The molecule has 0 aromatic heterocycles. The molecule has 1 atom stereocenters. The number of benzene rings is 1. The first kappa shape index (κ1) is 16.2. The largest absolute Gasteiger partial charge is 0.478 e. The fourth-order valence-corrected chi connectivity index (χ4v) is 2.13. The Hall–Kier alpha value is -1.89. The normalized spacial score (nSPS) is 11.7. The number of carbonyl (C=O) groups is 2. The molecule has 0 bridgehead atoms. The molecular formula is C13H18N2O4S. The first-order valence-corrected chi connectivity index (χ1v) is 7.81. The first-order valence-electron chi connectivity index (χ1n) is 6.09. The fraction of sp³-hybridized carbons (Fsp3) is 0.385. The summed E-state index contributed by atoms with van der Waals surface area (Å²) < 4.78 is 10.8. The van der Waals surface area contributed by atoms with E-state index in [0.29, 0.717) is 30.0 Å². The molecule has 0 fully saturated rings. The summed E-state index contributed by atoms with van der Waals surface area (Å²) in [6.45, 7) is 2.11. The Labute approximate surface area is 120 Å². The Morgan fingerprint density at radius 3 is 2.65 bits per heavy atom. The molecule has 1 unspecified atom stereocenters. The van der Waals surface area contributed by atoms with E-state index in [-0.39, 0.29) is 5.56 Å². The number of carbonyl (C=O) groups excluding carboxylic acids is 1. The minimum atomic E-state index is -1.03. The maximum atomic E-state index is 11.6. The second-order valence-electron chi connectivity index (χ2n) is 4.35. The lowest BCUT2D eigenvalue weighted by atomic mass is 10.1. The number of urea groups is 1. The van der Waals surface area contributed by atoms with Gasteiger partial charge in [-0.2, -0.15) is 0 Å². The summed E-state index contributed by atoms with van der Waals surface area (Å²) in [7, 11) is -0.866. The molecule has 1 aromatic carbocycles. The van der Waals surface area contributed by atoms with Crippen LogP contribution in [-0.2, 0) is 10.8 Å². The van der Waals surface area contributed by atoms with Crippen LogP contribution in [0.4, 0.5) is 10.5 Å². The van der Waals surface area contributed by atoms with E-state index in [2.05, 4.69) is 10.6 Å². The molecule has 0 saturated carbocycles. The quantitative estimate of drug-likeness (QED) is 0.695. The molecule has 110 valence electrons. The second kappa shape index (κ2) is 7.64. The Balaban J connectivity index is 2.52. The third kappa shape index (κ3) is 5.40. The average Bonchev–Trinajstić information content (AvgIpc) is 2.36. The number of hydrogen-bond donors (Lipinski definition) is 3. The predicted molar refractivity (Wildman–Crippen MR) is 78.7 cm³/mol. The third-order valence-electron chi connectivity index (χ3n) is 2.62. The van der Waals surface area contributed by atoms with Crippen molar-refractivity contribution < 1.29 is 18.9 Å². The van der Waals surface area contributed by atoms with Gasteiger partial charge in [-0.1, -0.05) is 6.07 Å². The summed E-state index contributed by atoms with van der Waals surface area (Å²) in [6.07, 6.45) is 2.24. The molecular weight excluding hydrogens is 280 g/mol. The summed E-state index contributed by atoms with van der Waals surface area (Å²) in [6, 6.07) is 4.28. The lowest BCUT2D eigenvalue weighted by Crippen LogP contribution is -2.30. The topological polar surface area (TPSA) is 95.5 Å². The minimum absolute atomic E-state index is 0.157. The number of hydrogen-bond acceptors (Lipinski definition) is 3. The number of aromatic carboxylic acids is 1. The highest BCUT2D eigenvalue weighted by molar-refractivity contribution is 7.84. The predicted octanol–water partition coefficient (Wildman–Crippen LogP) is 1.58. The molecule has 0 aliphatic rings. The van der Waals surface area contributed by atoms with Gasteiger partial charge in [0.05, 0.1) is 5.56 Å². The van der Waals surface area contributed by atoms with Crippen molar-refractivity contribution in [1.29, 1.82) is 0 Å². The fourth-order valence-electron chi connectivity index (χ4n) is 1.58. The molecule has 0 saturated heterocycles. The van der Waals surface area contributed by atoms with Gasteiger partial charge in [0.1, 0.15) is 0 Å². The highest BCUT2D eigenvalue weighted by Crippen LogP contribution is 2.15. The van der Waals surface area contributed by atoms with Crippen LogP contribution in [0.1, 0.15) is 22.3 Å². The smallest absolute Gasteiger partial charge is 0.336 e. The standard InChI is InChI=1S/C13H18N2O4S/c1-9-4-5-10(8-11(9)12(16)17)15-13(18)14-6-3-7-20(2)19/h4-5,8H,3,6-7H2,1-2H3,(H,16,17)(H2,14,15,18). The molecule has 1 aromatic rings. The van der Waals surface area contributed by atoms with Crippen LogP contribution in [0.2, 0.25) is 0 Å². The zero-order valence-electron chi connectivity index (χ0n) is 11.4. The number of nitrogens with one attached hydrogen (secondary N) is 2. The van der Waals surface area contributed by atoms with Crippen molar-refractivity contribution in [1.82, 2.24) is 5.32 Å². The monoisotopic (exact) mass is 298 g/mol. The Kier molecular flexibility index (Phi) is 6.17. The van der Waals surface area contributed by atoms with E-state index in [0.717, 1.165) is 0 Å². The highest BCUT2D eigenvalue weighted by Gasteiger charge is 2.09. The summed E-state index contributed by atoms with van der Waals surface area (Å²) in [5.74, 6) is -0.495. The van der Waals surface area contributed by atoms with Crippen LogP contribution in [-0.4, -0.2) is 39.9 Å². The van der Waals surface area contributed by atoms with Crippen molar-refractivity contribution in [3.63, 3.8) is 0 Å². The summed E-state index contributed by atoms with van der Waals surface area (Å²) in [5.41, 5.74) is 1.21. The number of rotatable bonds is 6. The molecule has 20 heavy (non-hydrogen) atoms. The SMILES string of the molecule is Cc1ccc(NC(=O)NCCCS(C)=O)cc1C(=O)O. The Morgan fingerprint density at radius 2 is 2.05 bits per heavy atom. The molecule has 0 aliphatic carbocycles. The summed E-state index contributed by atoms with van der Waals surface area (Å²) in [4.78, 5) is 22.6. The van der Waals surface area contributed by atoms with E-state index < -0.39 is 22.8 Å². The van der Waals surface area contributed by atoms with Gasteiger partial charge < -0.3 is 15.7 Å². The maximum Gasteiger partial charge on any atom is 0.336 e. The molecule has 2 amide bonds. The lowest BCUT2D eigenvalue weighted by molar-refractivity contribution is 0.0696. The van der Waals surface area contributed by atoms with E-state index >= 15 is 0 Å². The van der Waals surface area contributed by atoms with Crippen LogP contribution in [0, 0.1) is 6.92 Å². The zero-order chi connectivity index (χ0) is 15.1. The van der Waals surface area contributed by atoms with Crippen LogP contribution in [0.5, 0.6) is 0 Å². The van der Waals surface area contributed by atoms with Crippen LogP contribution >= 0.6 is 0 Å². The van der Waals surface area contributed by atoms with Crippen LogP contribution in [0.15, 0.2) is 18.2 Å². The molecule has 0 radical (unpaired) electrons. The number of carboxylic acid groups (broad SMARTS) is 1. The first-order chi connectivity index (χ1) is 9.40.